The monoisotopic (exact) mass is 374 g/mol. The van der Waals surface area contributed by atoms with E-state index in [1.807, 2.05) is 6.07 Å². The summed E-state index contributed by atoms with van der Waals surface area (Å²) in [4.78, 5) is 21.1. The molecule has 3 unspecified atom stereocenters. The first-order chi connectivity index (χ1) is 13.0. The molecule has 0 aliphatic carbocycles. The highest BCUT2D eigenvalue weighted by molar-refractivity contribution is 5.82. The molecule has 6 nitrogen and oxygen atoms in total. The number of hydrogen-bond donors (Lipinski definition) is 1. The number of ether oxygens (including phenoxy) is 1. The van der Waals surface area contributed by atoms with Crippen LogP contribution >= 0.6 is 0 Å². The van der Waals surface area contributed by atoms with Gasteiger partial charge in [0, 0.05) is 26.7 Å². The lowest BCUT2D eigenvalue weighted by Crippen LogP contribution is -2.45. The van der Waals surface area contributed by atoms with Gasteiger partial charge in [-0.05, 0) is 24.6 Å². The molecular formula is C21H34N4O2. The minimum Gasteiger partial charge on any atom is -0.469 e. The van der Waals surface area contributed by atoms with Crippen molar-refractivity contribution in [1.82, 2.24) is 15.1 Å². The molecule has 3 atom stereocenters. The van der Waals surface area contributed by atoms with Crippen molar-refractivity contribution in [3.05, 3.63) is 35.9 Å². The quantitative estimate of drug-likeness (QED) is 0.451. The molecule has 1 saturated heterocycles. The Balaban J connectivity index is 2.07. The molecule has 2 rings (SSSR count). The van der Waals surface area contributed by atoms with Crippen LogP contribution in [-0.2, 0) is 9.53 Å². The van der Waals surface area contributed by atoms with Crippen LogP contribution in [0, 0.1) is 11.8 Å². The summed E-state index contributed by atoms with van der Waals surface area (Å²) >= 11 is 0. The van der Waals surface area contributed by atoms with Crippen LogP contribution in [0.15, 0.2) is 35.3 Å². The molecule has 0 radical (unpaired) electrons. The first-order valence-electron chi connectivity index (χ1n) is 9.88. The van der Waals surface area contributed by atoms with Crippen LogP contribution in [-0.4, -0.2) is 68.6 Å². The van der Waals surface area contributed by atoms with Crippen molar-refractivity contribution >= 4 is 11.9 Å². The maximum absolute atomic E-state index is 12.0. The minimum atomic E-state index is -0.134. The summed E-state index contributed by atoms with van der Waals surface area (Å²) in [6.45, 7) is 10.7. The second-order valence-electron chi connectivity index (χ2n) is 7.09. The Labute approximate surface area is 163 Å². The predicted molar refractivity (Wildman–Crippen MR) is 110 cm³/mol. The first kappa shape index (κ1) is 21.2. The zero-order valence-electron chi connectivity index (χ0n) is 17.3. The smallest absolute Gasteiger partial charge is 0.310 e. The Morgan fingerprint density at radius 3 is 2.52 bits per heavy atom. The van der Waals surface area contributed by atoms with E-state index in [-0.39, 0.29) is 23.8 Å². The fraction of sp³-hybridized carbons (Fsp3) is 0.619. The van der Waals surface area contributed by atoms with Crippen LogP contribution < -0.4 is 5.32 Å². The van der Waals surface area contributed by atoms with Gasteiger partial charge in [0.05, 0.1) is 19.1 Å². The van der Waals surface area contributed by atoms with Gasteiger partial charge in [-0.2, -0.15) is 0 Å². The summed E-state index contributed by atoms with van der Waals surface area (Å²) in [7, 11) is 3.26. The van der Waals surface area contributed by atoms with Crippen LogP contribution in [0.25, 0.3) is 0 Å². The van der Waals surface area contributed by atoms with Gasteiger partial charge in [-0.3, -0.25) is 14.7 Å². The second-order valence-corrected chi connectivity index (χ2v) is 7.09. The van der Waals surface area contributed by atoms with Gasteiger partial charge in [-0.25, -0.2) is 0 Å². The van der Waals surface area contributed by atoms with Crippen LogP contribution in [0.4, 0.5) is 0 Å². The Morgan fingerprint density at radius 1 is 1.30 bits per heavy atom. The third kappa shape index (κ3) is 5.22. The summed E-state index contributed by atoms with van der Waals surface area (Å²) in [6.07, 6.45) is 0. The van der Waals surface area contributed by atoms with E-state index < -0.39 is 0 Å². The van der Waals surface area contributed by atoms with Gasteiger partial charge in [0.25, 0.3) is 0 Å². The number of guanidine groups is 1. The molecule has 6 heteroatoms. The van der Waals surface area contributed by atoms with Crippen LogP contribution in [0.2, 0.25) is 0 Å². The summed E-state index contributed by atoms with van der Waals surface area (Å²) in [5, 5.41) is 3.54. The SMILES string of the molecule is CCN(CC)C(CNC(=NC)N1CC(C)C(C(=O)OC)C1)c1ccccc1. The summed E-state index contributed by atoms with van der Waals surface area (Å²) < 4.78 is 4.95. The number of nitrogens with one attached hydrogen (secondary N) is 1. The van der Waals surface area contributed by atoms with Crippen molar-refractivity contribution in [3.8, 4) is 0 Å². The number of methoxy groups -OCH3 is 1. The number of carbonyl (C=O) groups is 1. The van der Waals surface area contributed by atoms with Crippen molar-refractivity contribution < 1.29 is 9.53 Å². The summed E-state index contributed by atoms with van der Waals surface area (Å²) in [5.74, 6) is 0.872. The summed E-state index contributed by atoms with van der Waals surface area (Å²) in [5.41, 5.74) is 1.30. The number of hydrogen-bond acceptors (Lipinski definition) is 4. The van der Waals surface area contributed by atoms with E-state index >= 15 is 0 Å². The number of aliphatic imine (C=N–C) groups is 1. The maximum atomic E-state index is 12.0. The number of esters is 1. The van der Waals surface area contributed by atoms with Gasteiger partial charge in [-0.15, -0.1) is 0 Å². The van der Waals surface area contributed by atoms with Gasteiger partial charge in [0.15, 0.2) is 5.96 Å². The Hall–Kier alpha value is -2.08. The third-order valence-electron chi connectivity index (χ3n) is 5.52. The molecule has 150 valence electrons. The Bertz CT molecular complexity index is 616. The molecule has 0 spiro atoms. The molecule has 0 saturated carbocycles. The molecule has 0 bridgehead atoms. The molecule has 1 aromatic carbocycles. The largest absolute Gasteiger partial charge is 0.469 e. The average molecular weight is 375 g/mol. The van der Waals surface area contributed by atoms with E-state index in [0.717, 1.165) is 32.1 Å². The molecule has 0 amide bonds. The lowest BCUT2D eigenvalue weighted by molar-refractivity contribution is -0.145. The Morgan fingerprint density at radius 2 is 1.96 bits per heavy atom. The zero-order chi connectivity index (χ0) is 19.8. The van der Waals surface area contributed by atoms with Crippen molar-refractivity contribution in [2.24, 2.45) is 16.8 Å². The van der Waals surface area contributed by atoms with Crippen molar-refractivity contribution in [2.75, 3.05) is 46.9 Å². The first-order valence-corrected chi connectivity index (χ1v) is 9.88. The van der Waals surface area contributed by atoms with E-state index in [2.05, 4.69) is 65.1 Å². The minimum absolute atomic E-state index is 0.0961. The van der Waals surface area contributed by atoms with Gasteiger partial charge < -0.3 is 15.0 Å². The lowest BCUT2D eigenvalue weighted by atomic mass is 9.99. The van der Waals surface area contributed by atoms with Gasteiger partial charge >= 0.3 is 5.97 Å². The number of benzene rings is 1. The van der Waals surface area contributed by atoms with Crippen molar-refractivity contribution in [3.63, 3.8) is 0 Å². The molecule has 0 aromatic heterocycles. The molecule has 1 aromatic rings. The van der Waals surface area contributed by atoms with E-state index in [4.69, 9.17) is 4.74 Å². The zero-order valence-corrected chi connectivity index (χ0v) is 17.3. The molecule has 27 heavy (non-hydrogen) atoms. The van der Waals surface area contributed by atoms with Crippen molar-refractivity contribution in [1.29, 1.82) is 0 Å². The van der Waals surface area contributed by atoms with E-state index in [1.165, 1.54) is 12.7 Å². The normalized spacial score (nSPS) is 21.4. The highest BCUT2D eigenvalue weighted by atomic mass is 16.5. The molecule has 1 aliphatic rings. The van der Waals surface area contributed by atoms with E-state index in [1.54, 1.807) is 7.05 Å². The fourth-order valence-electron chi connectivity index (χ4n) is 3.92. The average Bonchev–Trinajstić information content (AvgIpc) is 3.09. The highest BCUT2D eigenvalue weighted by Crippen LogP contribution is 2.24. The number of likely N-dealkylation sites (N-methyl/N-ethyl adjacent to an activating group) is 1. The number of nitrogens with zero attached hydrogens (tertiary/aromatic N) is 3. The summed E-state index contributed by atoms with van der Waals surface area (Å²) in [6, 6.07) is 10.9. The standard InChI is InChI=1S/C21H34N4O2/c1-6-24(7-2)19(17-11-9-8-10-12-17)13-23-21(22-4)25-14-16(3)18(15-25)20(26)27-5/h8-12,16,18-19H,6-7,13-15H2,1-5H3,(H,22,23). The Kier molecular flexibility index (Phi) is 8.10. The third-order valence-corrected chi connectivity index (χ3v) is 5.52. The van der Waals surface area contributed by atoms with E-state index in [0.29, 0.717) is 6.54 Å². The second kappa shape index (κ2) is 10.3. The van der Waals surface area contributed by atoms with Gasteiger partial charge in [0.2, 0.25) is 0 Å². The number of likely N-dealkylation sites (tertiary alicyclic amines) is 1. The number of rotatable bonds is 7. The molecule has 1 N–H and O–H groups in total. The topological polar surface area (TPSA) is 57.2 Å². The molecule has 1 fully saturated rings. The van der Waals surface area contributed by atoms with Crippen LogP contribution in [0.1, 0.15) is 32.4 Å². The lowest BCUT2D eigenvalue weighted by Gasteiger charge is -2.32. The predicted octanol–water partition coefficient (Wildman–Crippen LogP) is 2.39. The number of carbonyl (C=O) groups excluding carboxylic acids is 1. The fourth-order valence-corrected chi connectivity index (χ4v) is 3.92. The van der Waals surface area contributed by atoms with Crippen LogP contribution in [0.3, 0.4) is 0 Å². The van der Waals surface area contributed by atoms with Crippen molar-refractivity contribution in [2.45, 2.75) is 26.8 Å². The maximum Gasteiger partial charge on any atom is 0.310 e. The van der Waals surface area contributed by atoms with Gasteiger partial charge in [-0.1, -0.05) is 51.1 Å². The molecule has 1 aliphatic heterocycles. The molecule has 1 heterocycles. The van der Waals surface area contributed by atoms with E-state index in [9.17, 15) is 4.79 Å². The van der Waals surface area contributed by atoms with Crippen LogP contribution in [0.5, 0.6) is 0 Å². The van der Waals surface area contributed by atoms with Gasteiger partial charge in [0.1, 0.15) is 0 Å². The highest BCUT2D eigenvalue weighted by Gasteiger charge is 2.37. The molecular weight excluding hydrogens is 340 g/mol.